The van der Waals surface area contributed by atoms with E-state index in [1.165, 1.54) is 30.8 Å². The maximum atomic E-state index is 2.28. The van der Waals surface area contributed by atoms with Gasteiger partial charge in [0.1, 0.15) is 0 Å². The second-order valence-electron chi connectivity index (χ2n) is 2.52. The van der Waals surface area contributed by atoms with Crippen LogP contribution in [0.25, 0.3) is 0 Å². The minimum absolute atomic E-state index is 1.07. The zero-order chi connectivity index (χ0) is 5.82. The first kappa shape index (κ1) is 6.47. The van der Waals surface area contributed by atoms with E-state index in [0.717, 1.165) is 5.92 Å². The Balaban J connectivity index is 2.06. The predicted molar refractivity (Wildman–Crippen MR) is 40.3 cm³/mol. The van der Waals surface area contributed by atoms with Crippen molar-refractivity contribution in [3.05, 3.63) is 0 Å². The van der Waals surface area contributed by atoms with Crippen LogP contribution in [0, 0.1) is 5.92 Å². The third-order valence-corrected chi connectivity index (χ3v) is 2.95. The summed E-state index contributed by atoms with van der Waals surface area (Å²) in [5.41, 5.74) is 0. The molecule has 1 fully saturated rings. The summed E-state index contributed by atoms with van der Waals surface area (Å²) in [7, 11) is 0. The fraction of sp³-hybridized carbons (Fsp3) is 1.00. The van der Waals surface area contributed by atoms with Gasteiger partial charge < -0.3 is 0 Å². The second kappa shape index (κ2) is 3.39. The highest BCUT2D eigenvalue weighted by atomic mass is 32.2. The molecule has 48 valence electrons. The van der Waals surface area contributed by atoms with Gasteiger partial charge >= 0.3 is 0 Å². The van der Waals surface area contributed by atoms with E-state index < -0.39 is 0 Å². The SMILES string of the molecule is CCC[C@H]1CCSC1. The molecule has 0 aliphatic carbocycles. The number of rotatable bonds is 2. The molecule has 0 nitrogen and oxygen atoms in total. The molecule has 0 aromatic heterocycles. The lowest BCUT2D eigenvalue weighted by molar-refractivity contribution is 0.538. The first-order valence-corrected chi connectivity index (χ1v) is 4.66. The van der Waals surface area contributed by atoms with Crippen LogP contribution in [0.4, 0.5) is 0 Å². The Morgan fingerprint density at radius 1 is 1.62 bits per heavy atom. The molecule has 0 aromatic carbocycles. The summed E-state index contributed by atoms with van der Waals surface area (Å²) < 4.78 is 0. The molecular formula is C7H14S. The topological polar surface area (TPSA) is 0 Å². The lowest BCUT2D eigenvalue weighted by Crippen LogP contribution is -1.94. The molecule has 0 aromatic rings. The Kier molecular flexibility index (Phi) is 2.74. The summed E-state index contributed by atoms with van der Waals surface area (Å²) in [5, 5.41) is 0. The van der Waals surface area contributed by atoms with E-state index in [-0.39, 0.29) is 0 Å². The average molecular weight is 130 g/mol. The van der Waals surface area contributed by atoms with Crippen molar-refractivity contribution in [2.24, 2.45) is 5.92 Å². The summed E-state index contributed by atoms with van der Waals surface area (Å²) in [6.45, 7) is 2.28. The van der Waals surface area contributed by atoms with Gasteiger partial charge in [-0.25, -0.2) is 0 Å². The molecule has 1 saturated heterocycles. The molecule has 0 radical (unpaired) electrons. The van der Waals surface area contributed by atoms with Gasteiger partial charge in [-0.3, -0.25) is 0 Å². The lowest BCUT2D eigenvalue weighted by atomic mass is 10.0. The van der Waals surface area contributed by atoms with Crippen LogP contribution in [-0.2, 0) is 0 Å². The molecule has 1 atom stereocenters. The van der Waals surface area contributed by atoms with Crippen LogP contribution in [0.15, 0.2) is 0 Å². The van der Waals surface area contributed by atoms with Crippen LogP contribution in [0.5, 0.6) is 0 Å². The lowest BCUT2D eigenvalue weighted by Gasteiger charge is -2.02. The van der Waals surface area contributed by atoms with Crippen molar-refractivity contribution >= 4 is 11.8 Å². The summed E-state index contributed by atoms with van der Waals surface area (Å²) >= 11 is 2.12. The fourth-order valence-electron chi connectivity index (χ4n) is 1.22. The highest BCUT2D eigenvalue weighted by Crippen LogP contribution is 2.26. The van der Waals surface area contributed by atoms with E-state index in [0.29, 0.717) is 0 Å². The molecule has 1 heterocycles. The van der Waals surface area contributed by atoms with Gasteiger partial charge in [0, 0.05) is 0 Å². The van der Waals surface area contributed by atoms with Crippen molar-refractivity contribution < 1.29 is 0 Å². The van der Waals surface area contributed by atoms with Crippen molar-refractivity contribution in [1.82, 2.24) is 0 Å². The predicted octanol–water partition coefficient (Wildman–Crippen LogP) is 2.54. The van der Waals surface area contributed by atoms with E-state index in [1.54, 1.807) is 0 Å². The maximum absolute atomic E-state index is 2.28. The van der Waals surface area contributed by atoms with Gasteiger partial charge in [-0.15, -0.1) is 0 Å². The molecule has 1 rings (SSSR count). The quantitative estimate of drug-likeness (QED) is 0.553. The van der Waals surface area contributed by atoms with Crippen LogP contribution >= 0.6 is 11.8 Å². The molecule has 0 bridgehead atoms. The molecule has 1 aliphatic heterocycles. The summed E-state index contributed by atoms with van der Waals surface area (Å²) in [6.07, 6.45) is 4.33. The Hall–Kier alpha value is 0.350. The molecule has 1 aliphatic rings. The Bertz CT molecular complexity index is 55.4. The third kappa shape index (κ3) is 1.70. The van der Waals surface area contributed by atoms with Crippen LogP contribution in [0.2, 0.25) is 0 Å². The van der Waals surface area contributed by atoms with E-state index in [1.807, 2.05) is 0 Å². The molecule has 1 heteroatoms. The maximum Gasteiger partial charge on any atom is -0.00388 e. The molecule has 0 unspecified atom stereocenters. The molecule has 0 N–H and O–H groups in total. The number of hydrogen-bond donors (Lipinski definition) is 0. The highest BCUT2D eigenvalue weighted by Gasteiger charge is 2.13. The molecule has 8 heavy (non-hydrogen) atoms. The van der Waals surface area contributed by atoms with Gasteiger partial charge in [0.2, 0.25) is 0 Å². The van der Waals surface area contributed by atoms with E-state index in [9.17, 15) is 0 Å². The fourth-order valence-corrected chi connectivity index (χ4v) is 2.55. The Morgan fingerprint density at radius 3 is 3.00 bits per heavy atom. The number of hydrogen-bond acceptors (Lipinski definition) is 1. The van der Waals surface area contributed by atoms with Gasteiger partial charge in [0.15, 0.2) is 0 Å². The van der Waals surface area contributed by atoms with Crippen LogP contribution < -0.4 is 0 Å². The number of thioether (sulfide) groups is 1. The minimum Gasteiger partial charge on any atom is -0.162 e. The Labute approximate surface area is 56.0 Å². The normalized spacial score (nSPS) is 28.9. The van der Waals surface area contributed by atoms with Gasteiger partial charge in [0.25, 0.3) is 0 Å². The molecular weight excluding hydrogens is 116 g/mol. The van der Waals surface area contributed by atoms with Crippen molar-refractivity contribution in [3.8, 4) is 0 Å². The van der Waals surface area contributed by atoms with Gasteiger partial charge in [-0.1, -0.05) is 13.3 Å². The zero-order valence-electron chi connectivity index (χ0n) is 5.52. The minimum atomic E-state index is 1.07. The molecule has 0 saturated carbocycles. The monoisotopic (exact) mass is 130 g/mol. The standard InChI is InChI=1S/C7H14S/c1-2-3-7-4-5-8-6-7/h7H,2-6H2,1H3/t7-/m0/s1. The summed E-state index contributed by atoms with van der Waals surface area (Å²) in [4.78, 5) is 0. The smallest absolute Gasteiger partial charge is 0.00388 e. The average Bonchev–Trinajstić information content (AvgIpc) is 2.19. The molecule has 0 amide bonds. The van der Waals surface area contributed by atoms with Crippen LogP contribution in [-0.4, -0.2) is 11.5 Å². The van der Waals surface area contributed by atoms with Crippen molar-refractivity contribution in [1.29, 1.82) is 0 Å². The largest absolute Gasteiger partial charge is 0.162 e. The first-order valence-electron chi connectivity index (χ1n) is 3.51. The van der Waals surface area contributed by atoms with E-state index >= 15 is 0 Å². The Morgan fingerprint density at radius 2 is 2.50 bits per heavy atom. The van der Waals surface area contributed by atoms with Crippen molar-refractivity contribution in [3.63, 3.8) is 0 Å². The van der Waals surface area contributed by atoms with E-state index in [4.69, 9.17) is 0 Å². The van der Waals surface area contributed by atoms with Crippen molar-refractivity contribution in [2.75, 3.05) is 11.5 Å². The van der Waals surface area contributed by atoms with Crippen LogP contribution in [0.1, 0.15) is 26.2 Å². The highest BCUT2D eigenvalue weighted by molar-refractivity contribution is 7.99. The second-order valence-corrected chi connectivity index (χ2v) is 3.67. The van der Waals surface area contributed by atoms with Gasteiger partial charge in [-0.05, 0) is 30.3 Å². The van der Waals surface area contributed by atoms with E-state index in [2.05, 4.69) is 18.7 Å². The van der Waals surface area contributed by atoms with Crippen LogP contribution in [0.3, 0.4) is 0 Å². The first-order chi connectivity index (χ1) is 3.93. The van der Waals surface area contributed by atoms with Gasteiger partial charge in [-0.2, -0.15) is 11.8 Å². The zero-order valence-corrected chi connectivity index (χ0v) is 6.34. The van der Waals surface area contributed by atoms with Crippen molar-refractivity contribution in [2.45, 2.75) is 26.2 Å². The molecule has 0 spiro atoms. The summed E-state index contributed by atoms with van der Waals surface area (Å²) in [6, 6.07) is 0. The summed E-state index contributed by atoms with van der Waals surface area (Å²) in [5.74, 6) is 3.93. The third-order valence-electron chi connectivity index (χ3n) is 1.72. The van der Waals surface area contributed by atoms with Gasteiger partial charge in [0.05, 0.1) is 0 Å².